The Morgan fingerprint density at radius 3 is 2.37 bits per heavy atom. The van der Waals surface area contributed by atoms with Crippen molar-refractivity contribution in [2.24, 2.45) is 11.7 Å². The van der Waals surface area contributed by atoms with Crippen molar-refractivity contribution >= 4 is 17.8 Å². The third-order valence-corrected chi connectivity index (χ3v) is 3.42. The maximum atomic E-state index is 12.0. The molecule has 19 heavy (non-hydrogen) atoms. The fourth-order valence-electron chi connectivity index (χ4n) is 2.29. The van der Waals surface area contributed by atoms with Crippen molar-refractivity contribution in [1.29, 1.82) is 0 Å². The Balaban J connectivity index is 2.55. The van der Waals surface area contributed by atoms with Crippen LogP contribution in [0.5, 0.6) is 0 Å². The van der Waals surface area contributed by atoms with Crippen LogP contribution in [0.15, 0.2) is 0 Å². The number of rotatable bonds is 6. The van der Waals surface area contributed by atoms with E-state index >= 15 is 0 Å². The van der Waals surface area contributed by atoms with Crippen LogP contribution in [-0.4, -0.2) is 40.1 Å². The molecular formula is C12H20N2O5. The molecule has 0 radical (unpaired) electrons. The Morgan fingerprint density at radius 2 is 1.84 bits per heavy atom. The number of aliphatic carboxylic acids is 2. The average Bonchev–Trinajstić information content (AvgIpc) is 2.34. The van der Waals surface area contributed by atoms with Crippen LogP contribution in [0.3, 0.4) is 0 Å². The summed E-state index contributed by atoms with van der Waals surface area (Å²) >= 11 is 0. The fourth-order valence-corrected chi connectivity index (χ4v) is 2.29. The number of nitrogens with two attached hydrogens (primary N) is 1. The normalized spacial score (nSPS) is 24.5. The summed E-state index contributed by atoms with van der Waals surface area (Å²) in [5.41, 5.74) is 5.85. The first-order valence-corrected chi connectivity index (χ1v) is 6.42. The third kappa shape index (κ3) is 4.86. The topological polar surface area (TPSA) is 130 Å². The van der Waals surface area contributed by atoms with E-state index in [2.05, 4.69) is 5.32 Å². The van der Waals surface area contributed by atoms with E-state index in [0.29, 0.717) is 6.42 Å². The van der Waals surface area contributed by atoms with Crippen LogP contribution in [-0.2, 0) is 14.4 Å². The Labute approximate surface area is 111 Å². The highest BCUT2D eigenvalue weighted by Gasteiger charge is 2.31. The monoisotopic (exact) mass is 272 g/mol. The quantitative estimate of drug-likeness (QED) is 0.536. The molecule has 1 amide bonds. The predicted octanol–water partition coefficient (Wildman–Crippen LogP) is -0.0619. The van der Waals surface area contributed by atoms with Gasteiger partial charge in [-0.2, -0.15) is 0 Å². The van der Waals surface area contributed by atoms with Gasteiger partial charge in [0.2, 0.25) is 5.91 Å². The van der Waals surface area contributed by atoms with Gasteiger partial charge in [-0.3, -0.25) is 9.59 Å². The summed E-state index contributed by atoms with van der Waals surface area (Å²) in [7, 11) is 0. The van der Waals surface area contributed by atoms with Crippen molar-refractivity contribution < 1.29 is 24.6 Å². The van der Waals surface area contributed by atoms with Crippen LogP contribution >= 0.6 is 0 Å². The minimum atomic E-state index is -1.22. The fraction of sp³-hybridized carbons (Fsp3) is 0.750. The van der Waals surface area contributed by atoms with Gasteiger partial charge in [-0.15, -0.1) is 0 Å². The van der Waals surface area contributed by atoms with Crippen LogP contribution in [0.2, 0.25) is 0 Å². The Bertz CT molecular complexity index is 358. The van der Waals surface area contributed by atoms with E-state index in [1.165, 1.54) is 0 Å². The van der Waals surface area contributed by atoms with Crippen molar-refractivity contribution in [2.75, 3.05) is 0 Å². The molecular weight excluding hydrogens is 252 g/mol. The Morgan fingerprint density at radius 1 is 1.21 bits per heavy atom. The molecule has 1 aliphatic rings. The molecule has 108 valence electrons. The van der Waals surface area contributed by atoms with Crippen LogP contribution in [0.4, 0.5) is 0 Å². The van der Waals surface area contributed by atoms with Crippen molar-refractivity contribution in [3.63, 3.8) is 0 Å². The number of carboxylic acids is 2. The number of carbonyl (C=O) groups excluding carboxylic acids is 1. The maximum Gasteiger partial charge on any atom is 0.326 e. The average molecular weight is 272 g/mol. The van der Waals surface area contributed by atoms with Crippen LogP contribution in [0, 0.1) is 5.92 Å². The molecule has 3 atom stereocenters. The molecule has 7 nitrogen and oxygen atoms in total. The van der Waals surface area contributed by atoms with Gasteiger partial charge in [0.25, 0.3) is 0 Å². The first kappa shape index (κ1) is 15.4. The van der Waals surface area contributed by atoms with Gasteiger partial charge in [0.1, 0.15) is 6.04 Å². The van der Waals surface area contributed by atoms with E-state index in [0.717, 1.165) is 19.3 Å². The van der Waals surface area contributed by atoms with E-state index in [1.54, 1.807) is 0 Å². The van der Waals surface area contributed by atoms with Gasteiger partial charge in [0.05, 0.1) is 5.92 Å². The SMILES string of the molecule is NC1CCCCC1C(=O)N[C@@H](CCC(=O)O)C(=O)O. The summed E-state index contributed by atoms with van der Waals surface area (Å²) < 4.78 is 0. The largest absolute Gasteiger partial charge is 0.481 e. The molecule has 1 fully saturated rings. The van der Waals surface area contributed by atoms with Crippen molar-refractivity contribution in [1.82, 2.24) is 5.32 Å². The third-order valence-electron chi connectivity index (χ3n) is 3.42. The second-order valence-electron chi connectivity index (χ2n) is 4.89. The summed E-state index contributed by atoms with van der Waals surface area (Å²) in [6.45, 7) is 0. The lowest BCUT2D eigenvalue weighted by Gasteiger charge is -2.28. The molecule has 2 unspecified atom stereocenters. The Kier molecular flexibility index (Phi) is 5.75. The number of hydrogen-bond acceptors (Lipinski definition) is 4. The number of hydrogen-bond donors (Lipinski definition) is 4. The van der Waals surface area contributed by atoms with Crippen molar-refractivity contribution in [3.05, 3.63) is 0 Å². The standard InChI is InChI=1S/C12H20N2O5/c13-8-4-2-1-3-7(8)11(17)14-9(12(18)19)5-6-10(15)16/h7-9H,1-6,13H2,(H,14,17)(H,15,16)(H,18,19)/t7?,8?,9-/m0/s1. The predicted molar refractivity (Wildman–Crippen MR) is 66.4 cm³/mol. The van der Waals surface area contributed by atoms with E-state index in [4.69, 9.17) is 15.9 Å². The van der Waals surface area contributed by atoms with Gasteiger partial charge in [-0.25, -0.2) is 4.79 Å². The molecule has 0 bridgehead atoms. The summed E-state index contributed by atoms with van der Waals surface area (Å²) in [5, 5.41) is 19.9. The van der Waals surface area contributed by atoms with Crippen LogP contribution in [0.25, 0.3) is 0 Å². The zero-order valence-electron chi connectivity index (χ0n) is 10.7. The van der Waals surface area contributed by atoms with E-state index in [9.17, 15) is 14.4 Å². The molecule has 1 aliphatic carbocycles. The van der Waals surface area contributed by atoms with Crippen molar-refractivity contribution in [2.45, 2.75) is 50.6 Å². The molecule has 0 aromatic rings. The molecule has 5 N–H and O–H groups in total. The van der Waals surface area contributed by atoms with E-state index in [-0.39, 0.29) is 30.7 Å². The molecule has 0 aliphatic heterocycles. The highest BCUT2D eigenvalue weighted by molar-refractivity contribution is 5.85. The zero-order valence-corrected chi connectivity index (χ0v) is 10.7. The molecule has 0 aromatic heterocycles. The summed E-state index contributed by atoms with van der Waals surface area (Å²) in [4.78, 5) is 33.4. The van der Waals surface area contributed by atoms with E-state index < -0.39 is 18.0 Å². The minimum absolute atomic E-state index is 0.127. The number of nitrogens with one attached hydrogen (secondary N) is 1. The second-order valence-corrected chi connectivity index (χ2v) is 4.89. The van der Waals surface area contributed by atoms with E-state index in [1.807, 2.05) is 0 Å². The summed E-state index contributed by atoms with van der Waals surface area (Å²) in [5.74, 6) is -3.07. The molecule has 1 saturated carbocycles. The smallest absolute Gasteiger partial charge is 0.326 e. The lowest BCUT2D eigenvalue weighted by atomic mass is 9.84. The number of carbonyl (C=O) groups is 3. The lowest BCUT2D eigenvalue weighted by Crippen LogP contribution is -2.49. The number of carboxylic acid groups (broad SMARTS) is 2. The minimum Gasteiger partial charge on any atom is -0.481 e. The summed E-state index contributed by atoms with van der Waals surface area (Å²) in [6, 6.07) is -1.42. The molecule has 0 saturated heterocycles. The van der Waals surface area contributed by atoms with Crippen molar-refractivity contribution in [3.8, 4) is 0 Å². The second kappa shape index (κ2) is 7.08. The van der Waals surface area contributed by atoms with Gasteiger partial charge >= 0.3 is 11.9 Å². The Hall–Kier alpha value is -1.63. The molecule has 1 rings (SSSR count). The van der Waals surface area contributed by atoms with Gasteiger partial charge in [-0.1, -0.05) is 12.8 Å². The highest BCUT2D eigenvalue weighted by atomic mass is 16.4. The van der Waals surface area contributed by atoms with Gasteiger partial charge in [-0.05, 0) is 19.3 Å². The molecule has 0 heterocycles. The number of amides is 1. The first-order valence-electron chi connectivity index (χ1n) is 6.42. The van der Waals surface area contributed by atoms with Gasteiger partial charge < -0.3 is 21.3 Å². The summed E-state index contributed by atoms with van der Waals surface area (Å²) in [6.07, 6.45) is 2.86. The first-order chi connectivity index (χ1) is 8.91. The molecule has 0 spiro atoms. The molecule has 0 aromatic carbocycles. The van der Waals surface area contributed by atoms with Crippen LogP contribution in [0.1, 0.15) is 38.5 Å². The van der Waals surface area contributed by atoms with Gasteiger partial charge in [0, 0.05) is 12.5 Å². The maximum absolute atomic E-state index is 12.0. The molecule has 7 heteroatoms. The highest BCUT2D eigenvalue weighted by Crippen LogP contribution is 2.23. The zero-order chi connectivity index (χ0) is 14.4. The van der Waals surface area contributed by atoms with Gasteiger partial charge in [0.15, 0.2) is 0 Å². The van der Waals surface area contributed by atoms with Crippen LogP contribution < -0.4 is 11.1 Å². The lowest BCUT2D eigenvalue weighted by molar-refractivity contribution is -0.144.